The molecule has 56 heavy (non-hydrogen) atoms. The maximum Gasteiger partial charge on any atom is 0.344 e. The van der Waals surface area contributed by atoms with Gasteiger partial charge in [0.2, 0.25) is 0 Å². The highest BCUT2D eigenvalue weighted by atomic mass is 32.2. The lowest BCUT2D eigenvalue weighted by Gasteiger charge is -2.17. The summed E-state index contributed by atoms with van der Waals surface area (Å²) in [5, 5.41) is 21.4. The minimum Gasteiger partial charge on any atom is -0.482 e. The van der Waals surface area contributed by atoms with E-state index in [2.05, 4.69) is 0 Å². The smallest absolute Gasteiger partial charge is 0.344 e. The van der Waals surface area contributed by atoms with E-state index in [0.29, 0.717) is 59.5 Å². The van der Waals surface area contributed by atoms with Gasteiger partial charge in [-0.1, -0.05) is 36.4 Å². The van der Waals surface area contributed by atoms with E-state index in [-0.39, 0.29) is 50.9 Å². The second-order valence-corrected chi connectivity index (χ2v) is 15.2. The van der Waals surface area contributed by atoms with Crippen LogP contribution in [0.25, 0.3) is 20.2 Å². The highest BCUT2D eigenvalue weighted by Gasteiger charge is 2.21. The van der Waals surface area contributed by atoms with Gasteiger partial charge in [0.15, 0.2) is 24.4 Å². The quantitative estimate of drug-likeness (QED) is 0.0623. The van der Waals surface area contributed by atoms with E-state index >= 15 is 0 Å². The van der Waals surface area contributed by atoms with Gasteiger partial charge in [-0.05, 0) is 73.4 Å². The highest BCUT2D eigenvalue weighted by Crippen LogP contribution is 2.33. The Morgan fingerprint density at radius 1 is 0.661 bits per heavy atom. The molecule has 4 aromatic carbocycles. The number of ketones is 1. The third-order valence-corrected chi connectivity index (χ3v) is 10.9. The average Bonchev–Trinajstić information content (AvgIpc) is 3.21. The molecule has 0 radical (unpaired) electrons. The summed E-state index contributed by atoms with van der Waals surface area (Å²) in [6.45, 7) is -0.694. The molecule has 1 aromatic heterocycles. The molecule has 0 fully saturated rings. The molecule has 14 heteroatoms. The summed E-state index contributed by atoms with van der Waals surface area (Å²) in [4.78, 5) is 51.4. The first-order chi connectivity index (χ1) is 27.2. The van der Waals surface area contributed by atoms with Crippen LogP contribution >= 0.6 is 23.1 Å². The van der Waals surface area contributed by atoms with Crippen LogP contribution < -0.4 is 14.9 Å². The molecular weight excluding hydrogens is 761 g/mol. The van der Waals surface area contributed by atoms with E-state index < -0.39 is 24.1 Å². The van der Waals surface area contributed by atoms with Crippen LogP contribution in [0.2, 0.25) is 0 Å². The molecule has 5 aromatic rings. The molecule has 294 valence electrons. The standard InChI is InChI=1S/C42H42O12S2/c43-28(23-53-39(45)25-51-30-11-13-36-34(19-30)41(47)32-8-2-1-7-27(32)15-18-55-36)21-49-16-5-6-17-50-22-29(44)24-54-40(46)26-52-31-12-14-38-35(20-31)42(48)33-9-3-4-10-37(33)56-38/h1-4,7-14,19-20,28-29,43-44H,5-6,15-18,21-26H2. The molecule has 1 aliphatic heterocycles. The second-order valence-electron chi connectivity index (χ2n) is 12.9. The fourth-order valence-corrected chi connectivity index (χ4v) is 7.90. The number of fused-ring (bicyclic) bond motifs is 4. The van der Waals surface area contributed by atoms with Gasteiger partial charge in [-0.3, -0.25) is 9.59 Å². The van der Waals surface area contributed by atoms with Crippen LogP contribution in [-0.2, 0) is 35.0 Å². The topological polar surface area (TPSA) is 164 Å². The predicted molar refractivity (Wildman–Crippen MR) is 212 cm³/mol. The van der Waals surface area contributed by atoms with E-state index in [1.165, 1.54) is 11.3 Å². The minimum atomic E-state index is -1.02. The van der Waals surface area contributed by atoms with Crippen molar-refractivity contribution in [1.82, 2.24) is 0 Å². The van der Waals surface area contributed by atoms with Crippen molar-refractivity contribution >= 4 is 61.0 Å². The fourth-order valence-electron chi connectivity index (χ4n) is 5.84. The van der Waals surface area contributed by atoms with E-state index in [9.17, 15) is 29.4 Å². The summed E-state index contributed by atoms with van der Waals surface area (Å²) in [7, 11) is 0. The third-order valence-electron chi connectivity index (χ3n) is 8.67. The summed E-state index contributed by atoms with van der Waals surface area (Å²) < 4.78 is 34.0. The van der Waals surface area contributed by atoms with Crippen molar-refractivity contribution in [1.29, 1.82) is 0 Å². The van der Waals surface area contributed by atoms with E-state index in [1.54, 1.807) is 48.2 Å². The zero-order valence-electron chi connectivity index (χ0n) is 30.5. The predicted octanol–water partition coefficient (Wildman–Crippen LogP) is 5.37. The van der Waals surface area contributed by atoms with Crippen molar-refractivity contribution in [2.45, 2.75) is 36.4 Å². The first-order valence-corrected chi connectivity index (χ1v) is 20.0. The molecule has 0 amide bonds. The maximum absolute atomic E-state index is 13.2. The number of unbranched alkanes of at least 4 members (excludes halogenated alkanes) is 1. The van der Waals surface area contributed by atoms with Crippen LogP contribution in [0.4, 0.5) is 0 Å². The molecule has 2 unspecified atom stereocenters. The molecule has 2 N–H and O–H groups in total. The number of aliphatic hydroxyl groups excluding tert-OH is 2. The van der Waals surface area contributed by atoms with Crippen LogP contribution in [0.5, 0.6) is 11.5 Å². The summed E-state index contributed by atoms with van der Waals surface area (Å²) in [6, 6.07) is 25.2. The van der Waals surface area contributed by atoms with Crippen LogP contribution in [0.3, 0.4) is 0 Å². The SMILES string of the molecule is O=C(COc1ccc2c(c1)C(=O)c1ccccc1CCS2)OCC(O)COCCCCOCC(O)COC(=O)COc1ccc2sc3ccccc3c(=O)c2c1. The van der Waals surface area contributed by atoms with E-state index in [0.717, 1.165) is 32.0 Å². The maximum atomic E-state index is 13.2. The van der Waals surface area contributed by atoms with Gasteiger partial charge in [-0.15, -0.1) is 23.1 Å². The van der Waals surface area contributed by atoms with Gasteiger partial charge in [0.25, 0.3) is 0 Å². The molecule has 6 rings (SSSR count). The van der Waals surface area contributed by atoms with Gasteiger partial charge < -0.3 is 38.6 Å². The average molecular weight is 803 g/mol. The van der Waals surface area contributed by atoms with Crippen LogP contribution in [-0.4, -0.2) is 98.8 Å². The van der Waals surface area contributed by atoms with Crippen molar-refractivity contribution in [2.24, 2.45) is 0 Å². The molecule has 2 atom stereocenters. The molecule has 1 aliphatic rings. The Balaban J connectivity index is 0.779. The minimum absolute atomic E-state index is 0.0347. The molecular formula is C42H42O12S2. The number of carbonyl (C=O) groups is 3. The fraction of sp³-hybridized carbons (Fsp3) is 0.333. The number of rotatable bonds is 19. The molecule has 0 aliphatic carbocycles. The number of aliphatic hydroxyl groups is 2. The molecule has 0 spiro atoms. The number of ether oxygens (including phenoxy) is 6. The van der Waals surface area contributed by atoms with E-state index in [4.69, 9.17) is 28.4 Å². The van der Waals surface area contributed by atoms with Crippen LogP contribution in [0.1, 0.15) is 34.3 Å². The lowest BCUT2D eigenvalue weighted by molar-refractivity contribution is -0.151. The van der Waals surface area contributed by atoms with Crippen molar-refractivity contribution in [3.63, 3.8) is 0 Å². The van der Waals surface area contributed by atoms with Crippen molar-refractivity contribution < 1.29 is 53.0 Å². The number of hydrogen-bond acceptors (Lipinski definition) is 14. The van der Waals surface area contributed by atoms with Crippen LogP contribution in [0.15, 0.2) is 94.6 Å². The summed E-state index contributed by atoms with van der Waals surface area (Å²) in [5.41, 5.74) is 2.10. The summed E-state index contributed by atoms with van der Waals surface area (Å²) in [5.74, 6) is 0.153. The number of carbonyl (C=O) groups excluding carboxylic acids is 3. The van der Waals surface area contributed by atoms with Crippen molar-refractivity contribution in [2.75, 3.05) is 58.6 Å². The normalized spacial score (nSPS) is 13.6. The first kappa shape index (κ1) is 40.8. The first-order valence-electron chi connectivity index (χ1n) is 18.2. The Kier molecular flexibility index (Phi) is 14.8. The lowest BCUT2D eigenvalue weighted by atomic mass is 9.96. The van der Waals surface area contributed by atoms with Crippen molar-refractivity contribution in [3.05, 3.63) is 112 Å². The summed E-state index contributed by atoms with van der Waals surface area (Å²) >= 11 is 3.11. The highest BCUT2D eigenvalue weighted by molar-refractivity contribution is 7.99. The third kappa shape index (κ3) is 11.4. The largest absolute Gasteiger partial charge is 0.482 e. The number of hydrogen-bond donors (Lipinski definition) is 2. The second kappa shape index (κ2) is 20.4. The Morgan fingerprint density at radius 2 is 1.27 bits per heavy atom. The van der Waals surface area contributed by atoms with Gasteiger partial charge in [0.05, 0.1) is 13.2 Å². The Labute approximate surface area is 331 Å². The monoisotopic (exact) mass is 802 g/mol. The Hall–Kier alpha value is -4.83. The van der Waals surface area contributed by atoms with Gasteiger partial charge >= 0.3 is 11.9 Å². The lowest BCUT2D eigenvalue weighted by Crippen LogP contribution is -2.26. The van der Waals surface area contributed by atoms with Crippen LogP contribution in [0, 0.1) is 0 Å². The zero-order chi connectivity index (χ0) is 39.3. The van der Waals surface area contributed by atoms with Gasteiger partial charge in [-0.25, -0.2) is 9.59 Å². The van der Waals surface area contributed by atoms with Gasteiger partial charge in [0, 0.05) is 55.2 Å². The molecule has 0 saturated carbocycles. The number of esters is 2. The van der Waals surface area contributed by atoms with Gasteiger partial charge in [-0.2, -0.15) is 0 Å². The Morgan fingerprint density at radius 3 is 1.98 bits per heavy atom. The number of benzene rings is 4. The number of thioether (sulfide) groups is 1. The molecule has 0 bridgehead atoms. The molecule has 0 saturated heterocycles. The molecule has 2 heterocycles. The zero-order valence-corrected chi connectivity index (χ0v) is 32.1. The van der Waals surface area contributed by atoms with Gasteiger partial charge in [0.1, 0.15) is 36.9 Å². The molecule has 12 nitrogen and oxygen atoms in total. The Bertz CT molecular complexity index is 2200. The van der Waals surface area contributed by atoms with Crippen molar-refractivity contribution in [3.8, 4) is 11.5 Å². The summed E-state index contributed by atoms with van der Waals surface area (Å²) in [6.07, 6.45) is -0.00300. The number of aryl methyl sites for hydroxylation is 1. The van der Waals surface area contributed by atoms with E-state index in [1.807, 2.05) is 48.5 Å².